The Labute approximate surface area is 203 Å². The molecular formula is C24H23ClN4O2S2. The van der Waals surface area contributed by atoms with E-state index in [2.05, 4.69) is 32.1 Å². The topological polar surface area (TPSA) is 84.0 Å². The SMILES string of the molecule is Cc1ccc(S(=O)(=O)Nc2ccc(-c3ncnc4cc(C5=CCNCC5)sc34)cc2)cc1.Cl. The first-order valence-electron chi connectivity index (χ1n) is 10.3. The summed E-state index contributed by atoms with van der Waals surface area (Å²) in [5, 5.41) is 3.34. The van der Waals surface area contributed by atoms with Gasteiger partial charge in [0.1, 0.15) is 6.33 Å². The quantitative estimate of drug-likeness (QED) is 0.392. The van der Waals surface area contributed by atoms with Gasteiger partial charge in [-0.1, -0.05) is 35.9 Å². The van der Waals surface area contributed by atoms with Crippen molar-refractivity contribution >= 4 is 55.2 Å². The van der Waals surface area contributed by atoms with Crippen LogP contribution in [0.2, 0.25) is 0 Å². The summed E-state index contributed by atoms with van der Waals surface area (Å²) in [4.78, 5) is 10.4. The molecule has 0 saturated heterocycles. The summed E-state index contributed by atoms with van der Waals surface area (Å²) in [6.07, 6.45) is 4.82. The molecule has 0 amide bonds. The maximum Gasteiger partial charge on any atom is 0.261 e. The number of hydrogen-bond acceptors (Lipinski definition) is 6. The molecule has 2 aromatic heterocycles. The van der Waals surface area contributed by atoms with Gasteiger partial charge in [0.25, 0.3) is 10.0 Å². The Hall–Kier alpha value is -2.78. The molecule has 1 aliphatic rings. The molecule has 1 aliphatic heterocycles. The van der Waals surface area contributed by atoms with E-state index in [1.165, 1.54) is 10.5 Å². The van der Waals surface area contributed by atoms with Gasteiger partial charge in [0.2, 0.25) is 0 Å². The molecule has 6 nitrogen and oxygen atoms in total. The lowest BCUT2D eigenvalue weighted by molar-refractivity contribution is 0.601. The van der Waals surface area contributed by atoms with Crippen molar-refractivity contribution in [1.29, 1.82) is 0 Å². The fraction of sp³-hybridized carbons (Fsp3) is 0.167. The molecule has 33 heavy (non-hydrogen) atoms. The largest absolute Gasteiger partial charge is 0.313 e. The first-order chi connectivity index (χ1) is 15.5. The predicted molar refractivity (Wildman–Crippen MR) is 138 cm³/mol. The molecule has 0 fully saturated rings. The molecule has 0 aliphatic carbocycles. The molecule has 4 aromatic rings. The molecule has 0 unspecified atom stereocenters. The summed E-state index contributed by atoms with van der Waals surface area (Å²) in [7, 11) is -3.64. The van der Waals surface area contributed by atoms with Gasteiger partial charge >= 0.3 is 0 Å². The number of fused-ring (bicyclic) bond motifs is 1. The standard InChI is InChI=1S/C24H22N4O2S2.ClH/c1-16-2-8-20(9-3-16)32(29,30)28-19-6-4-18(5-7-19)23-24-21(26-15-27-23)14-22(31-24)17-10-12-25-13-11-17;/h2-10,14-15,25,28H,11-13H2,1H3;1H. The lowest BCUT2D eigenvalue weighted by Gasteiger charge is -2.11. The van der Waals surface area contributed by atoms with Gasteiger partial charge < -0.3 is 5.32 Å². The van der Waals surface area contributed by atoms with Crippen LogP contribution in [0.3, 0.4) is 0 Å². The summed E-state index contributed by atoms with van der Waals surface area (Å²) >= 11 is 1.71. The summed E-state index contributed by atoms with van der Waals surface area (Å²) in [5.74, 6) is 0. The van der Waals surface area contributed by atoms with Gasteiger partial charge in [-0.15, -0.1) is 23.7 Å². The van der Waals surface area contributed by atoms with Crippen molar-refractivity contribution in [3.05, 3.63) is 77.4 Å². The average Bonchev–Trinajstić information content (AvgIpc) is 3.25. The molecule has 0 bridgehead atoms. The van der Waals surface area contributed by atoms with Crippen LogP contribution in [0.25, 0.3) is 27.0 Å². The molecule has 3 heterocycles. The Kier molecular flexibility index (Phi) is 6.81. The molecule has 2 N–H and O–H groups in total. The third kappa shape index (κ3) is 4.94. The van der Waals surface area contributed by atoms with Crippen molar-refractivity contribution in [2.24, 2.45) is 0 Å². The molecule has 5 rings (SSSR count). The Balaban J connectivity index is 0.00000259. The monoisotopic (exact) mass is 498 g/mol. The van der Waals surface area contributed by atoms with E-state index in [1.54, 1.807) is 54.1 Å². The van der Waals surface area contributed by atoms with Crippen LogP contribution in [-0.4, -0.2) is 31.5 Å². The Bertz CT molecular complexity index is 1410. The second-order valence-electron chi connectivity index (χ2n) is 7.73. The number of benzene rings is 2. The van der Waals surface area contributed by atoms with Gasteiger partial charge in [0, 0.05) is 22.7 Å². The molecule has 0 spiro atoms. The normalized spacial score (nSPS) is 13.9. The Morgan fingerprint density at radius 2 is 1.79 bits per heavy atom. The molecule has 170 valence electrons. The Morgan fingerprint density at radius 1 is 1.03 bits per heavy atom. The number of aromatic nitrogens is 2. The number of aryl methyl sites for hydroxylation is 1. The first-order valence-corrected chi connectivity index (χ1v) is 12.6. The van der Waals surface area contributed by atoms with Crippen molar-refractivity contribution in [2.75, 3.05) is 17.8 Å². The second-order valence-corrected chi connectivity index (χ2v) is 10.5. The van der Waals surface area contributed by atoms with Crippen molar-refractivity contribution < 1.29 is 8.42 Å². The van der Waals surface area contributed by atoms with Crippen LogP contribution in [0, 0.1) is 6.92 Å². The summed E-state index contributed by atoms with van der Waals surface area (Å²) in [6.45, 7) is 3.80. The van der Waals surface area contributed by atoms with Gasteiger partial charge in [-0.25, -0.2) is 18.4 Å². The van der Waals surface area contributed by atoms with Crippen LogP contribution in [0.1, 0.15) is 16.9 Å². The van der Waals surface area contributed by atoms with E-state index in [0.29, 0.717) is 5.69 Å². The van der Waals surface area contributed by atoms with Crippen LogP contribution in [-0.2, 0) is 10.0 Å². The minimum absolute atomic E-state index is 0. The second kappa shape index (κ2) is 9.61. The number of nitrogens with one attached hydrogen (secondary N) is 2. The Morgan fingerprint density at radius 3 is 2.48 bits per heavy atom. The third-order valence-corrected chi connectivity index (χ3v) is 8.04. The fourth-order valence-corrected chi connectivity index (χ4v) is 5.94. The highest BCUT2D eigenvalue weighted by molar-refractivity contribution is 7.92. The highest BCUT2D eigenvalue weighted by Crippen LogP contribution is 2.36. The van der Waals surface area contributed by atoms with Crippen molar-refractivity contribution in [3.63, 3.8) is 0 Å². The number of thiophene rings is 1. The summed E-state index contributed by atoms with van der Waals surface area (Å²) in [6, 6.07) is 16.2. The van der Waals surface area contributed by atoms with E-state index in [9.17, 15) is 8.42 Å². The zero-order chi connectivity index (χ0) is 22.1. The van der Waals surface area contributed by atoms with Crippen molar-refractivity contribution in [1.82, 2.24) is 15.3 Å². The van der Waals surface area contributed by atoms with E-state index in [4.69, 9.17) is 0 Å². The smallest absolute Gasteiger partial charge is 0.261 e. The highest BCUT2D eigenvalue weighted by atomic mass is 35.5. The first kappa shape index (κ1) is 23.4. The molecule has 0 radical (unpaired) electrons. The maximum atomic E-state index is 12.7. The average molecular weight is 499 g/mol. The van der Waals surface area contributed by atoms with Gasteiger partial charge in [-0.05, 0) is 55.8 Å². The number of nitrogens with zero attached hydrogens (tertiary/aromatic N) is 2. The molecule has 0 atom stereocenters. The highest BCUT2D eigenvalue weighted by Gasteiger charge is 2.16. The van der Waals surface area contributed by atoms with Crippen LogP contribution in [0.4, 0.5) is 5.69 Å². The summed E-state index contributed by atoms with van der Waals surface area (Å²) < 4.78 is 29.0. The van der Waals surface area contributed by atoms with E-state index in [0.717, 1.165) is 46.5 Å². The van der Waals surface area contributed by atoms with Gasteiger partial charge in [0.15, 0.2) is 0 Å². The fourth-order valence-electron chi connectivity index (χ4n) is 3.69. The molecule has 9 heteroatoms. The van der Waals surface area contributed by atoms with E-state index >= 15 is 0 Å². The maximum absolute atomic E-state index is 12.7. The predicted octanol–water partition coefficient (Wildman–Crippen LogP) is 5.27. The third-order valence-electron chi connectivity index (χ3n) is 5.43. The van der Waals surface area contributed by atoms with Gasteiger partial charge in [0.05, 0.1) is 20.8 Å². The summed E-state index contributed by atoms with van der Waals surface area (Å²) in [5.41, 5.74) is 5.57. The van der Waals surface area contributed by atoms with E-state index < -0.39 is 10.0 Å². The van der Waals surface area contributed by atoms with Crippen molar-refractivity contribution in [3.8, 4) is 11.3 Å². The molecule has 0 saturated carbocycles. The van der Waals surface area contributed by atoms with Crippen molar-refractivity contribution in [2.45, 2.75) is 18.2 Å². The van der Waals surface area contributed by atoms with Gasteiger partial charge in [-0.2, -0.15) is 0 Å². The van der Waals surface area contributed by atoms with E-state index in [-0.39, 0.29) is 17.3 Å². The lowest BCUT2D eigenvalue weighted by Crippen LogP contribution is -2.19. The van der Waals surface area contributed by atoms with Gasteiger partial charge in [-0.3, -0.25) is 4.72 Å². The minimum Gasteiger partial charge on any atom is -0.313 e. The number of rotatable bonds is 5. The number of hydrogen-bond donors (Lipinski definition) is 2. The number of sulfonamides is 1. The zero-order valence-electron chi connectivity index (χ0n) is 17.9. The molecular weight excluding hydrogens is 476 g/mol. The zero-order valence-corrected chi connectivity index (χ0v) is 20.4. The van der Waals surface area contributed by atoms with Crippen LogP contribution >= 0.6 is 23.7 Å². The van der Waals surface area contributed by atoms with E-state index in [1.807, 2.05) is 19.1 Å². The molecule has 2 aromatic carbocycles. The van der Waals surface area contributed by atoms with Crippen LogP contribution < -0.4 is 10.0 Å². The lowest BCUT2D eigenvalue weighted by atomic mass is 10.1. The minimum atomic E-state index is -3.64. The van der Waals surface area contributed by atoms with Crippen LogP contribution in [0.5, 0.6) is 0 Å². The number of anilines is 1. The van der Waals surface area contributed by atoms with Crippen LogP contribution in [0.15, 0.2) is 71.9 Å². The number of halogens is 1.